The summed E-state index contributed by atoms with van der Waals surface area (Å²) < 4.78 is 0. The summed E-state index contributed by atoms with van der Waals surface area (Å²) in [5, 5.41) is 12.3. The van der Waals surface area contributed by atoms with Crippen molar-refractivity contribution in [3.05, 3.63) is 33.8 Å². The van der Waals surface area contributed by atoms with E-state index in [-0.39, 0.29) is 6.42 Å². The van der Waals surface area contributed by atoms with E-state index in [2.05, 4.69) is 5.32 Å². The first-order valence-electron chi connectivity index (χ1n) is 5.20. The smallest absolute Gasteiger partial charge is 0.319 e. The molecule has 0 saturated carbocycles. The highest BCUT2D eigenvalue weighted by atomic mass is 35.5. The largest absolute Gasteiger partial charge is 0.480 e. The highest BCUT2D eigenvalue weighted by molar-refractivity contribution is 6.42. The maximum absolute atomic E-state index is 11.7. The standard InChI is InChI=1S/C12H13Cl2NO3/c1-12(11(17)18,10(16)15-2)6-7-3-4-8(13)9(14)5-7/h3-5H,6H2,1-2H3,(H,15,16)(H,17,18). The third-order valence-corrected chi connectivity index (χ3v) is 3.48. The summed E-state index contributed by atoms with van der Waals surface area (Å²) >= 11 is 11.6. The first kappa shape index (κ1) is 14.8. The molecule has 1 rings (SSSR count). The number of carbonyl (C=O) groups excluding carboxylic acids is 1. The maximum atomic E-state index is 11.7. The maximum Gasteiger partial charge on any atom is 0.319 e. The van der Waals surface area contributed by atoms with Gasteiger partial charge in [0.15, 0.2) is 0 Å². The van der Waals surface area contributed by atoms with Gasteiger partial charge in [-0.3, -0.25) is 9.59 Å². The minimum atomic E-state index is -1.54. The van der Waals surface area contributed by atoms with E-state index in [1.54, 1.807) is 18.2 Å². The topological polar surface area (TPSA) is 66.4 Å². The lowest BCUT2D eigenvalue weighted by Crippen LogP contribution is -2.44. The van der Waals surface area contributed by atoms with Gasteiger partial charge in [-0.1, -0.05) is 29.3 Å². The van der Waals surface area contributed by atoms with Gasteiger partial charge in [-0.15, -0.1) is 0 Å². The van der Waals surface area contributed by atoms with E-state index in [1.165, 1.54) is 14.0 Å². The monoisotopic (exact) mass is 289 g/mol. The predicted molar refractivity (Wildman–Crippen MR) is 70.0 cm³/mol. The van der Waals surface area contributed by atoms with E-state index >= 15 is 0 Å². The van der Waals surface area contributed by atoms with Gasteiger partial charge in [0.05, 0.1) is 10.0 Å². The third kappa shape index (κ3) is 2.94. The van der Waals surface area contributed by atoms with Crippen LogP contribution in [0.2, 0.25) is 10.0 Å². The zero-order valence-corrected chi connectivity index (χ0v) is 11.5. The number of carboxylic acid groups (broad SMARTS) is 1. The zero-order chi connectivity index (χ0) is 13.9. The van der Waals surface area contributed by atoms with E-state index in [0.29, 0.717) is 15.6 Å². The van der Waals surface area contributed by atoms with Crippen LogP contribution < -0.4 is 5.32 Å². The van der Waals surface area contributed by atoms with Crippen molar-refractivity contribution < 1.29 is 14.7 Å². The van der Waals surface area contributed by atoms with Crippen molar-refractivity contribution in [1.29, 1.82) is 0 Å². The Bertz CT molecular complexity index is 490. The van der Waals surface area contributed by atoms with Crippen molar-refractivity contribution in [3.8, 4) is 0 Å². The quantitative estimate of drug-likeness (QED) is 0.837. The predicted octanol–water partition coefficient (Wildman–Crippen LogP) is 2.37. The number of aliphatic carboxylic acids is 1. The lowest BCUT2D eigenvalue weighted by Gasteiger charge is -2.23. The molecule has 0 aliphatic carbocycles. The molecule has 1 aromatic carbocycles. The molecule has 0 heterocycles. The fourth-order valence-electron chi connectivity index (χ4n) is 1.59. The summed E-state index contributed by atoms with van der Waals surface area (Å²) in [5.41, 5.74) is -0.899. The fraction of sp³-hybridized carbons (Fsp3) is 0.333. The molecule has 0 fully saturated rings. The number of amides is 1. The second-order valence-corrected chi connectivity index (χ2v) is 4.96. The molecule has 1 atom stereocenters. The molecule has 1 amide bonds. The van der Waals surface area contributed by atoms with Crippen LogP contribution in [0.1, 0.15) is 12.5 Å². The van der Waals surface area contributed by atoms with Gasteiger partial charge in [-0.05, 0) is 31.0 Å². The summed E-state index contributed by atoms with van der Waals surface area (Å²) in [7, 11) is 1.40. The van der Waals surface area contributed by atoms with Crippen molar-refractivity contribution in [2.75, 3.05) is 7.05 Å². The normalized spacial score (nSPS) is 13.8. The number of hydrogen-bond donors (Lipinski definition) is 2. The van der Waals surface area contributed by atoms with Crippen molar-refractivity contribution >= 4 is 35.1 Å². The third-order valence-electron chi connectivity index (χ3n) is 2.74. The average Bonchev–Trinajstić information content (AvgIpc) is 2.32. The second-order valence-electron chi connectivity index (χ2n) is 4.14. The van der Waals surface area contributed by atoms with Crippen LogP contribution in [0.15, 0.2) is 18.2 Å². The van der Waals surface area contributed by atoms with Gasteiger partial charge in [-0.25, -0.2) is 0 Å². The molecule has 0 spiro atoms. The second kappa shape index (κ2) is 5.59. The summed E-state index contributed by atoms with van der Waals surface area (Å²) in [6.45, 7) is 1.37. The summed E-state index contributed by atoms with van der Waals surface area (Å²) in [4.78, 5) is 22.9. The minimum Gasteiger partial charge on any atom is -0.480 e. The number of carbonyl (C=O) groups is 2. The summed E-state index contributed by atoms with van der Waals surface area (Å²) in [6.07, 6.45) is 0.0406. The van der Waals surface area contributed by atoms with Crippen molar-refractivity contribution in [2.24, 2.45) is 5.41 Å². The highest BCUT2D eigenvalue weighted by Gasteiger charge is 2.40. The lowest BCUT2D eigenvalue weighted by atomic mass is 9.82. The number of nitrogens with one attached hydrogen (secondary N) is 1. The van der Waals surface area contributed by atoms with Crippen molar-refractivity contribution in [2.45, 2.75) is 13.3 Å². The molecule has 1 aromatic rings. The highest BCUT2D eigenvalue weighted by Crippen LogP contribution is 2.28. The molecule has 0 bridgehead atoms. The van der Waals surface area contributed by atoms with Crippen LogP contribution in [0.3, 0.4) is 0 Å². The van der Waals surface area contributed by atoms with Crippen LogP contribution in [0, 0.1) is 5.41 Å². The Kier molecular flexibility index (Phi) is 4.59. The van der Waals surface area contributed by atoms with Crippen LogP contribution in [0.4, 0.5) is 0 Å². The van der Waals surface area contributed by atoms with Gasteiger partial charge in [0.25, 0.3) is 0 Å². The molecule has 6 heteroatoms. The van der Waals surface area contributed by atoms with Crippen LogP contribution in [-0.2, 0) is 16.0 Å². The molecule has 98 valence electrons. The van der Waals surface area contributed by atoms with Crippen LogP contribution in [0.25, 0.3) is 0 Å². The molecule has 0 aromatic heterocycles. The number of hydrogen-bond acceptors (Lipinski definition) is 2. The van der Waals surface area contributed by atoms with E-state index in [0.717, 1.165) is 0 Å². The molecule has 0 aliphatic rings. The Hall–Kier alpha value is -1.26. The molecule has 2 N–H and O–H groups in total. The first-order chi connectivity index (χ1) is 8.31. The van der Waals surface area contributed by atoms with Gasteiger partial charge >= 0.3 is 5.97 Å². The van der Waals surface area contributed by atoms with Gasteiger partial charge in [0.2, 0.25) is 5.91 Å². The van der Waals surface area contributed by atoms with Crippen molar-refractivity contribution in [1.82, 2.24) is 5.32 Å². The molecule has 1 unspecified atom stereocenters. The van der Waals surface area contributed by atoms with Gasteiger partial charge in [0.1, 0.15) is 5.41 Å². The molecular formula is C12H13Cl2NO3. The van der Waals surface area contributed by atoms with E-state index < -0.39 is 17.3 Å². The minimum absolute atomic E-state index is 0.0406. The molecule has 0 radical (unpaired) electrons. The number of benzene rings is 1. The molecule has 18 heavy (non-hydrogen) atoms. The van der Waals surface area contributed by atoms with Gasteiger partial charge in [0, 0.05) is 7.05 Å². The van der Waals surface area contributed by atoms with Crippen LogP contribution >= 0.6 is 23.2 Å². The van der Waals surface area contributed by atoms with Crippen LogP contribution in [0.5, 0.6) is 0 Å². The van der Waals surface area contributed by atoms with E-state index in [1.807, 2.05) is 0 Å². The number of halogens is 2. The van der Waals surface area contributed by atoms with E-state index in [4.69, 9.17) is 23.2 Å². The Balaban J connectivity index is 3.08. The van der Waals surface area contributed by atoms with E-state index in [9.17, 15) is 14.7 Å². The molecule has 0 saturated heterocycles. The zero-order valence-electron chi connectivity index (χ0n) is 9.96. The first-order valence-corrected chi connectivity index (χ1v) is 5.96. The van der Waals surface area contributed by atoms with Crippen LogP contribution in [-0.4, -0.2) is 24.0 Å². The Morgan fingerprint density at radius 2 is 1.94 bits per heavy atom. The molecular weight excluding hydrogens is 277 g/mol. The Morgan fingerprint density at radius 3 is 2.39 bits per heavy atom. The van der Waals surface area contributed by atoms with Gasteiger partial charge in [-0.2, -0.15) is 0 Å². The molecule has 0 aliphatic heterocycles. The number of carboxylic acids is 1. The average molecular weight is 290 g/mol. The molecule has 4 nitrogen and oxygen atoms in total. The van der Waals surface area contributed by atoms with Gasteiger partial charge < -0.3 is 10.4 Å². The summed E-state index contributed by atoms with van der Waals surface area (Å²) in [6, 6.07) is 4.79. The van der Waals surface area contributed by atoms with Crippen molar-refractivity contribution in [3.63, 3.8) is 0 Å². The summed E-state index contributed by atoms with van der Waals surface area (Å²) in [5.74, 6) is -1.74. The Labute approximate surface area is 115 Å². The lowest BCUT2D eigenvalue weighted by molar-refractivity contribution is -0.154. The fourth-order valence-corrected chi connectivity index (χ4v) is 1.91. The Morgan fingerprint density at radius 1 is 1.33 bits per heavy atom. The SMILES string of the molecule is CNC(=O)C(C)(Cc1ccc(Cl)c(Cl)c1)C(=O)O. The number of rotatable bonds is 4.